The minimum absolute atomic E-state index is 0.113. The first-order chi connectivity index (χ1) is 9.65. The molecule has 2 atom stereocenters. The van der Waals surface area contributed by atoms with Crippen LogP contribution >= 0.6 is 11.6 Å². The highest BCUT2D eigenvalue weighted by molar-refractivity contribution is 6.30. The van der Waals surface area contributed by atoms with Crippen LogP contribution in [0.3, 0.4) is 0 Å². The lowest BCUT2D eigenvalue weighted by Gasteiger charge is -2.19. The SMILES string of the molecule is OC(Cc1ccc(F)c(Cl)c1)C1CCc2ccccc21. The summed E-state index contributed by atoms with van der Waals surface area (Å²) >= 11 is 5.78. The zero-order chi connectivity index (χ0) is 14.1. The molecule has 2 aromatic carbocycles. The maximum atomic E-state index is 13.1. The molecule has 0 spiro atoms. The van der Waals surface area contributed by atoms with E-state index in [9.17, 15) is 9.50 Å². The van der Waals surface area contributed by atoms with Crippen LogP contribution in [-0.4, -0.2) is 11.2 Å². The Morgan fingerprint density at radius 2 is 2.05 bits per heavy atom. The number of fused-ring (bicyclic) bond motifs is 1. The van der Waals surface area contributed by atoms with Crippen LogP contribution in [0.15, 0.2) is 42.5 Å². The second-order valence-corrected chi connectivity index (χ2v) is 5.77. The fourth-order valence-corrected chi connectivity index (χ4v) is 3.24. The van der Waals surface area contributed by atoms with Gasteiger partial charge in [-0.15, -0.1) is 0 Å². The van der Waals surface area contributed by atoms with E-state index in [0.717, 1.165) is 18.4 Å². The van der Waals surface area contributed by atoms with Gasteiger partial charge in [0.05, 0.1) is 11.1 Å². The molecule has 0 aromatic heterocycles. The lowest BCUT2D eigenvalue weighted by molar-refractivity contribution is 0.143. The third-order valence-corrected chi connectivity index (χ3v) is 4.36. The number of rotatable bonds is 3. The third-order valence-electron chi connectivity index (χ3n) is 4.07. The standard InChI is InChI=1S/C17H16ClFO/c18-15-9-11(5-8-16(15)19)10-17(20)14-7-6-12-3-1-2-4-13(12)14/h1-5,8-9,14,17,20H,6-7,10H2. The maximum absolute atomic E-state index is 13.1. The van der Waals surface area contributed by atoms with E-state index in [1.807, 2.05) is 12.1 Å². The average molecular weight is 291 g/mol. The molecule has 0 fully saturated rings. The highest BCUT2D eigenvalue weighted by atomic mass is 35.5. The van der Waals surface area contributed by atoms with E-state index in [2.05, 4.69) is 12.1 Å². The molecule has 0 amide bonds. The van der Waals surface area contributed by atoms with Crippen LogP contribution in [0.25, 0.3) is 0 Å². The lowest BCUT2D eigenvalue weighted by atomic mass is 9.91. The van der Waals surface area contributed by atoms with Gasteiger partial charge in [-0.2, -0.15) is 0 Å². The predicted octanol–water partition coefficient (Wildman–Crippen LogP) is 4.11. The Morgan fingerprint density at radius 3 is 2.85 bits per heavy atom. The molecule has 0 heterocycles. The van der Waals surface area contributed by atoms with E-state index in [1.54, 1.807) is 12.1 Å². The summed E-state index contributed by atoms with van der Waals surface area (Å²) in [5.74, 6) is -0.258. The summed E-state index contributed by atoms with van der Waals surface area (Å²) in [6.45, 7) is 0. The molecule has 1 N–H and O–H groups in total. The van der Waals surface area contributed by atoms with E-state index in [0.29, 0.717) is 6.42 Å². The van der Waals surface area contributed by atoms with E-state index in [-0.39, 0.29) is 10.9 Å². The molecule has 3 heteroatoms. The normalized spacial score (nSPS) is 18.9. The number of hydrogen-bond donors (Lipinski definition) is 1. The van der Waals surface area contributed by atoms with Gasteiger partial charge in [0.1, 0.15) is 5.82 Å². The molecule has 1 aliphatic carbocycles. The van der Waals surface area contributed by atoms with Gasteiger partial charge in [0.15, 0.2) is 0 Å². The molecule has 1 nitrogen and oxygen atoms in total. The quantitative estimate of drug-likeness (QED) is 0.902. The summed E-state index contributed by atoms with van der Waals surface area (Å²) in [6.07, 6.45) is 2.02. The van der Waals surface area contributed by atoms with Crippen molar-refractivity contribution < 1.29 is 9.50 Å². The molecule has 3 rings (SSSR count). The van der Waals surface area contributed by atoms with E-state index >= 15 is 0 Å². The van der Waals surface area contributed by atoms with Crippen molar-refractivity contribution in [2.24, 2.45) is 0 Å². The van der Waals surface area contributed by atoms with Crippen molar-refractivity contribution >= 4 is 11.6 Å². The first-order valence-electron chi connectivity index (χ1n) is 6.85. The van der Waals surface area contributed by atoms with E-state index < -0.39 is 11.9 Å². The van der Waals surface area contributed by atoms with Gasteiger partial charge in [-0.05, 0) is 48.1 Å². The van der Waals surface area contributed by atoms with Gasteiger partial charge < -0.3 is 5.11 Å². The van der Waals surface area contributed by atoms with Crippen molar-refractivity contribution in [2.75, 3.05) is 0 Å². The third kappa shape index (κ3) is 2.58. The molecular weight excluding hydrogens is 275 g/mol. The first kappa shape index (κ1) is 13.6. The van der Waals surface area contributed by atoms with Crippen LogP contribution in [0.1, 0.15) is 29.0 Å². The fourth-order valence-electron chi connectivity index (χ4n) is 3.04. The van der Waals surface area contributed by atoms with Crippen molar-refractivity contribution in [1.82, 2.24) is 0 Å². The van der Waals surface area contributed by atoms with Gasteiger partial charge in [-0.3, -0.25) is 0 Å². The molecule has 2 unspecified atom stereocenters. The maximum Gasteiger partial charge on any atom is 0.141 e. The fraction of sp³-hybridized carbons (Fsp3) is 0.294. The minimum Gasteiger partial charge on any atom is -0.392 e. The Hall–Kier alpha value is -1.38. The molecule has 0 aliphatic heterocycles. The summed E-state index contributed by atoms with van der Waals surface area (Å²) in [4.78, 5) is 0. The van der Waals surface area contributed by atoms with Crippen LogP contribution in [0, 0.1) is 5.82 Å². The second-order valence-electron chi connectivity index (χ2n) is 5.36. The predicted molar refractivity (Wildman–Crippen MR) is 78.6 cm³/mol. The van der Waals surface area contributed by atoms with Gasteiger partial charge in [0.2, 0.25) is 0 Å². The molecule has 0 saturated carbocycles. The molecule has 0 saturated heterocycles. The van der Waals surface area contributed by atoms with Crippen LogP contribution < -0.4 is 0 Å². The van der Waals surface area contributed by atoms with Crippen molar-refractivity contribution in [3.63, 3.8) is 0 Å². The van der Waals surface area contributed by atoms with Crippen molar-refractivity contribution in [1.29, 1.82) is 0 Å². The molecule has 0 bridgehead atoms. The number of aliphatic hydroxyl groups excluding tert-OH is 1. The number of hydrogen-bond acceptors (Lipinski definition) is 1. The van der Waals surface area contributed by atoms with Gasteiger partial charge in [-0.1, -0.05) is 41.9 Å². The highest BCUT2D eigenvalue weighted by Gasteiger charge is 2.28. The molecule has 2 aromatic rings. The Bertz CT molecular complexity index is 626. The number of aryl methyl sites for hydroxylation is 1. The minimum atomic E-state index is -0.458. The molecular formula is C17H16ClFO. The summed E-state index contributed by atoms with van der Waals surface area (Å²) < 4.78 is 13.1. The molecule has 1 aliphatic rings. The van der Waals surface area contributed by atoms with Crippen molar-refractivity contribution in [3.05, 3.63) is 70.0 Å². The summed E-state index contributed by atoms with van der Waals surface area (Å²) in [5.41, 5.74) is 3.44. The Labute approximate surface area is 123 Å². The monoisotopic (exact) mass is 290 g/mol. The van der Waals surface area contributed by atoms with Gasteiger partial charge in [-0.25, -0.2) is 4.39 Å². The van der Waals surface area contributed by atoms with Gasteiger partial charge >= 0.3 is 0 Å². The highest BCUT2D eigenvalue weighted by Crippen LogP contribution is 2.36. The molecule has 104 valence electrons. The second kappa shape index (κ2) is 5.55. The summed E-state index contributed by atoms with van der Waals surface area (Å²) in [6, 6.07) is 12.9. The number of aliphatic hydroxyl groups is 1. The zero-order valence-electron chi connectivity index (χ0n) is 11.0. The Balaban J connectivity index is 1.77. The van der Waals surface area contributed by atoms with Crippen LogP contribution in [-0.2, 0) is 12.8 Å². The Kier molecular flexibility index (Phi) is 3.77. The van der Waals surface area contributed by atoms with Crippen LogP contribution in [0.4, 0.5) is 4.39 Å². The van der Waals surface area contributed by atoms with E-state index in [1.165, 1.54) is 17.2 Å². The summed E-state index contributed by atoms with van der Waals surface area (Å²) in [5, 5.41) is 10.6. The molecule has 20 heavy (non-hydrogen) atoms. The van der Waals surface area contributed by atoms with Crippen LogP contribution in [0.2, 0.25) is 5.02 Å². The zero-order valence-corrected chi connectivity index (χ0v) is 11.8. The first-order valence-corrected chi connectivity index (χ1v) is 7.23. The van der Waals surface area contributed by atoms with Crippen molar-refractivity contribution in [2.45, 2.75) is 31.3 Å². The Morgan fingerprint density at radius 1 is 1.25 bits per heavy atom. The number of benzene rings is 2. The van der Waals surface area contributed by atoms with E-state index in [4.69, 9.17) is 11.6 Å². The van der Waals surface area contributed by atoms with Crippen LogP contribution in [0.5, 0.6) is 0 Å². The van der Waals surface area contributed by atoms with Gasteiger partial charge in [0, 0.05) is 5.92 Å². The number of halogens is 2. The van der Waals surface area contributed by atoms with Gasteiger partial charge in [0.25, 0.3) is 0 Å². The average Bonchev–Trinajstić information content (AvgIpc) is 2.87. The topological polar surface area (TPSA) is 20.2 Å². The molecule has 0 radical (unpaired) electrons. The smallest absolute Gasteiger partial charge is 0.141 e. The lowest BCUT2D eigenvalue weighted by Crippen LogP contribution is -2.19. The largest absolute Gasteiger partial charge is 0.392 e. The van der Waals surface area contributed by atoms with Crippen molar-refractivity contribution in [3.8, 4) is 0 Å². The summed E-state index contributed by atoms with van der Waals surface area (Å²) in [7, 11) is 0.